The van der Waals surface area contributed by atoms with Gasteiger partial charge in [-0.1, -0.05) is 12.1 Å². The Labute approximate surface area is 122 Å². The number of nitrogens with zero attached hydrogens (tertiary/aromatic N) is 1. The summed E-state index contributed by atoms with van der Waals surface area (Å²) >= 11 is 0. The normalized spacial score (nSPS) is 10.3. The third-order valence-corrected chi connectivity index (χ3v) is 2.84. The molecule has 0 amide bonds. The minimum atomic E-state index is -1.14. The van der Waals surface area contributed by atoms with E-state index in [1.165, 1.54) is 12.3 Å². The lowest BCUT2D eigenvalue weighted by Crippen LogP contribution is -2.03. The second-order valence-electron chi connectivity index (χ2n) is 4.42. The maximum Gasteiger partial charge on any atom is 0.341 e. The average Bonchev–Trinajstić information content (AvgIpc) is 2.48. The lowest BCUT2D eigenvalue weighted by Gasteiger charge is -2.09. The average molecular weight is 288 g/mol. The van der Waals surface area contributed by atoms with Crippen molar-refractivity contribution in [1.82, 2.24) is 4.98 Å². The number of methoxy groups -OCH3 is 1. The second-order valence-corrected chi connectivity index (χ2v) is 4.42. The maximum atomic E-state index is 11.1. The van der Waals surface area contributed by atoms with Crippen molar-refractivity contribution in [3.8, 4) is 11.6 Å². The molecule has 21 heavy (non-hydrogen) atoms. The van der Waals surface area contributed by atoms with Crippen molar-refractivity contribution in [2.24, 2.45) is 0 Å². The van der Waals surface area contributed by atoms with Gasteiger partial charge in [0.15, 0.2) is 0 Å². The summed E-state index contributed by atoms with van der Waals surface area (Å²) < 4.78 is 10.5. The van der Waals surface area contributed by atoms with Gasteiger partial charge >= 0.3 is 5.97 Å². The Morgan fingerprint density at radius 1 is 1.33 bits per heavy atom. The number of aromatic nitrogens is 1. The van der Waals surface area contributed by atoms with Gasteiger partial charge in [0.05, 0.1) is 18.5 Å². The first kappa shape index (κ1) is 14.8. The number of anilines is 1. The van der Waals surface area contributed by atoms with Crippen LogP contribution in [0.15, 0.2) is 36.5 Å². The number of aromatic carboxylic acids is 1. The highest BCUT2D eigenvalue weighted by atomic mass is 16.5. The van der Waals surface area contributed by atoms with E-state index in [9.17, 15) is 4.79 Å². The van der Waals surface area contributed by atoms with Gasteiger partial charge in [-0.05, 0) is 30.2 Å². The zero-order chi connectivity index (χ0) is 15.2. The Balaban J connectivity index is 2.16. The van der Waals surface area contributed by atoms with E-state index >= 15 is 0 Å². The largest absolute Gasteiger partial charge is 0.477 e. The number of nitrogens with two attached hydrogens (primary N) is 1. The molecule has 3 N–H and O–H groups in total. The Bertz CT molecular complexity index is 626. The van der Waals surface area contributed by atoms with Crippen LogP contribution < -0.4 is 10.5 Å². The Morgan fingerprint density at radius 2 is 2.05 bits per heavy atom. The molecular weight excluding hydrogens is 272 g/mol. The quantitative estimate of drug-likeness (QED) is 0.847. The number of benzene rings is 1. The number of pyridine rings is 1. The number of hydrogen-bond acceptors (Lipinski definition) is 5. The molecule has 0 atom stereocenters. The summed E-state index contributed by atoms with van der Waals surface area (Å²) in [4.78, 5) is 15.1. The molecule has 0 fully saturated rings. The fourth-order valence-corrected chi connectivity index (χ4v) is 1.76. The smallest absolute Gasteiger partial charge is 0.341 e. The van der Waals surface area contributed by atoms with Crippen molar-refractivity contribution < 1.29 is 19.4 Å². The zero-order valence-electron chi connectivity index (χ0n) is 11.6. The predicted molar refractivity (Wildman–Crippen MR) is 77.7 cm³/mol. The molecule has 0 aliphatic heterocycles. The number of nitrogen functional groups attached to an aromatic ring is 1. The van der Waals surface area contributed by atoms with Gasteiger partial charge in [-0.15, -0.1) is 0 Å². The van der Waals surface area contributed by atoms with Crippen LogP contribution in [0.4, 0.5) is 5.69 Å². The van der Waals surface area contributed by atoms with Crippen LogP contribution in [0.3, 0.4) is 0 Å². The van der Waals surface area contributed by atoms with Crippen LogP contribution >= 0.6 is 0 Å². The molecule has 1 heterocycles. The molecule has 110 valence electrons. The first-order valence-electron chi connectivity index (χ1n) is 6.34. The molecule has 0 saturated heterocycles. The number of ether oxygens (including phenoxy) is 2. The lowest BCUT2D eigenvalue weighted by molar-refractivity contribution is 0.0693. The summed E-state index contributed by atoms with van der Waals surface area (Å²) in [6, 6.07) is 8.62. The van der Waals surface area contributed by atoms with E-state index in [0.717, 1.165) is 12.0 Å². The van der Waals surface area contributed by atoms with E-state index in [2.05, 4.69) is 4.98 Å². The second kappa shape index (κ2) is 6.71. The van der Waals surface area contributed by atoms with Crippen LogP contribution in [0.1, 0.15) is 15.9 Å². The van der Waals surface area contributed by atoms with Gasteiger partial charge in [-0.25, -0.2) is 9.78 Å². The van der Waals surface area contributed by atoms with Gasteiger partial charge in [0.25, 0.3) is 0 Å². The van der Waals surface area contributed by atoms with Gasteiger partial charge in [-0.3, -0.25) is 0 Å². The van der Waals surface area contributed by atoms with E-state index in [1.807, 2.05) is 12.1 Å². The number of carbonyl (C=O) groups is 1. The van der Waals surface area contributed by atoms with Crippen molar-refractivity contribution >= 4 is 11.7 Å². The number of rotatable bonds is 6. The Kier molecular flexibility index (Phi) is 4.73. The molecule has 0 bridgehead atoms. The van der Waals surface area contributed by atoms with E-state index in [4.69, 9.17) is 20.3 Å². The summed E-state index contributed by atoms with van der Waals surface area (Å²) in [6.07, 6.45) is 2.16. The molecule has 6 heteroatoms. The molecule has 0 saturated carbocycles. The molecule has 0 unspecified atom stereocenters. The topological polar surface area (TPSA) is 94.7 Å². The number of carboxylic acid groups (broad SMARTS) is 1. The van der Waals surface area contributed by atoms with Crippen LogP contribution in [0, 0.1) is 0 Å². The van der Waals surface area contributed by atoms with Crippen LogP contribution in [0.5, 0.6) is 11.6 Å². The first-order chi connectivity index (χ1) is 10.1. The molecule has 1 aromatic heterocycles. The van der Waals surface area contributed by atoms with Crippen molar-refractivity contribution in [3.63, 3.8) is 0 Å². The molecule has 2 aromatic rings. The fraction of sp³-hybridized carbons (Fsp3) is 0.200. The highest BCUT2D eigenvalue weighted by molar-refractivity contribution is 5.91. The first-order valence-corrected chi connectivity index (χ1v) is 6.34. The fourth-order valence-electron chi connectivity index (χ4n) is 1.76. The van der Waals surface area contributed by atoms with Gasteiger partial charge in [0, 0.05) is 7.11 Å². The monoisotopic (exact) mass is 288 g/mol. The van der Waals surface area contributed by atoms with Crippen LogP contribution in [-0.4, -0.2) is 29.8 Å². The van der Waals surface area contributed by atoms with E-state index in [0.29, 0.717) is 12.4 Å². The molecule has 6 nitrogen and oxygen atoms in total. The van der Waals surface area contributed by atoms with Gasteiger partial charge < -0.3 is 20.3 Å². The van der Waals surface area contributed by atoms with Gasteiger partial charge in [0.1, 0.15) is 11.3 Å². The zero-order valence-corrected chi connectivity index (χ0v) is 11.6. The summed E-state index contributed by atoms with van der Waals surface area (Å²) in [5.74, 6) is -0.612. The standard InChI is InChI=1S/C15H16N2O4/c1-20-7-6-10-2-4-12(5-3-10)21-14-13(15(18)19)8-11(16)9-17-14/h2-5,8-9H,6-7,16H2,1H3,(H,18,19). The molecule has 0 aliphatic rings. The molecule has 0 aliphatic carbocycles. The molecule has 0 radical (unpaired) electrons. The van der Waals surface area contributed by atoms with Crippen molar-refractivity contribution in [3.05, 3.63) is 47.7 Å². The highest BCUT2D eigenvalue weighted by Gasteiger charge is 2.14. The SMILES string of the molecule is COCCc1ccc(Oc2ncc(N)cc2C(=O)O)cc1. The predicted octanol–water partition coefficient (Wildman–Crippen LogP) is 2.34. The highest BCUT2D eigenvalue weighted by Crippen LogP contribution is 2.25. The molecule has 1 aromatic carbocycles. The van der Waals surface area contributed by atoms with Crippen LogP contribution in [-0.2, 0) is 11.2 Å². The van der Waals surface area contributed by atoms with E-state index in [-0.39, 0.29) is 17.1 Å². The summed E-state index contributed by atoms with van der Waals surface area (Å²) in [5.41, 5.74) is 6.84. The maximum absolute atomic E-state index is 11.1. The summed E-state index contributed by atoms with van der Waals surface area (Å²) in [7, 11) is 1.65. The minimum Gasteiger partial charge on any atom is -0.477 e. The van der Waals surface area contributed by atoms with Crippen molar-refractivity contribution in [2.75, 3.05) is 19.5 Å². The summed E-state index contributed by atoms with van der Waals surface area (Å²) in [5, 5.41) is 9.12. The number of carboxylic acids is 1. The number of hydrogen-bond donors (Lipinski definition) is 2. The van der Waals surface area contributed by atoms with Crippen molar-refractivity contribution in [2.45, 2.75) is 6.42 Å². The molecular formula is C15H16N2O4. The van der Waals surface area contributed by atoms with Gasteiger partial charge in [0.2, 0.25) is 5.88 Å². The van der Waals surface area contributed by atoms with E-state index < -0.39 is 5.97 Å². The van der Waals surface area contributed by atoms with Gasteiger partial charge in [-0.2, -0.15) is 0 Å². The molecule has 2 rings (SSSR count). The third-order valence-electron chi connectivity index (χ3n) is 2.84. The van der Waals surface area contributed by atoms with Crippen LogP contribution in [0.2, 0.25) is 0 Å². The third kappa shape index (κ3) is 3.93. The molecule has 0 spiro atoms. The summed E-state index contributed by atoms with van der Waals surface area (Å²) in [6.45, 7) is 0.642. The lowest BCUT2D eigenvalue weighted by atomic mass is 10.1. The van der Waals surface area contributed by atoms with E-state index in [1.54, 1.807) is 19.2 Å². The Morgan fingerprint density at radius 3 is 2.67 bits per heavy atom. The minimum absolute atomic E-state index is 0.0151. The Hall–Kier alpha value is -2.60. The van der Waals surface area contributed by atoms with Crippen LogP contribution in [0.25, 0.3) is 0 Å². The van der Waals surface area contributed by atoms with Crippen molar-refractivity contribution in [1.29, 1.82) is 0 Å².